The molecule has 0 saturated carbocycles. The molecule has 0 unspecified atom stereocenters. The van der Waals surface area contributed by atoms with E-state index in [2.05, 4.69) is 0 Å². The van der Waals surface area contributed by atoms with E-state index in [-0.39, 0.29) is 12.2 Å². The van der Waals surface area contributed by atoms with Crippen molar-refractivity contribution in [1.29, 1.82) is 0 Å². The fraction of sp³-hybridized carbons (Fsp3) is 0.100. The highest BCUT2D eigenvalue weighted by molar-refractivity contribution is 6.03. The Morgan fingerprint density at radius 1 is 1.43 bits per heavy atom. The number of aromatic carboxylic acids is 1. The lowest BCUT2D eigenvalue weighted by atomic mass is 10.1. The number of aliphatic hydroxyl groups excluding tert-OH is 1. The van der Waals surface area contributed by atoms with Crippen LogP contribution in [0.25, 0.3) is 11.0 Å². The molecule has 2 rings (SSSR count). The Morgan fingerprint density at radius 2 is 2.21 bits per heavy atom. The summed E-state index contributed by atoms with van der Waals surface area (Å²) in [6.45, 7) is -0.225. The molecule has 14 heavy (non-hydrogen) atoms. The van der Waals surface area contributed by atoms with Crippen molar-refractivity contribution in [2.45, 2.75) is 6.61 Å². The third-order valence-electron chi connectivity index (χ3n) is 2.08. The number of furan rings is 1. The number of carboxylic acid groups (broad SMARTS) is 1. The highest BCUT2D eigenvalue weighted by Crippen LogP contribution is 2.24. The molecule has 0 saturated heterocycles. The van der Waals surface area contributed by atoms with Crippen LogP contribution in [0.5, 0.6) is 0 Å². The Morgan fingerprint density at radius 3 is 2.86 bits per heavy atom. The molecule has 0 fully saturated rings. The smallest absolute Gasteiger partial charge is 0.336 e. The predicted molar refractivity (Wildman–Crippen MR) is 49.1 cm³/mol. The van der Waals surface area contributed by atoms with Crippen molar-refractivity contribution in [1.82, 2.24) is 0 Å². The molecule has 0 radical (unpaired) electrons. The highest BCUT2D eigenvalue weighted by Gasteiger charge is 2.13. The van der Waals surface area contributed by atoms with E-state index >= 15 is 0 Å². The molecule has 0 aliphatic carbocycles. The van der Waals surface area contributed by atoms with Crippen molar-refractivity contribution in [2.75, 3.05) is 0 Å². The standard InChI is InChI=1S/C10H8O4/c11-4-6-5-14-8-3-1-2-7(9(6)8)10(12)13/h1-3,5,11H,4H2,(H,12,13). The topological polar surface area (TPSA) is 70.7 Å². The molecule has 0 spiro atoms. The number of benzene rings is 1. The molecule has 0 amide bonds. The number of hydrogen-bond donors (Lipinski definition) is 2. The minimum absolute atomic E-state index is 0.153. The summed E-state index contributed by atoms with van der Waals surface area (Å²) in [5, 5.41) is 18.4. The van der Waals surface area contributed by atoms with Gasteiger partial charge in [0.1, 0.15) is 5.58 Å². The largest absolute Gasteiger partial charge is 0.478 e. The van der Waals surface area contributed by atoms with Crippen LogP contribution < -0.4 is 0 Å². The summed E-state index contributed by atoms with van der Waals surface area (Å²) < 4.78 is 5.11. The van der Waals surface area contributed by atoms with Crippen LogP contribution in [-0.2, 0) is 6.61 Å². The molecule has 72 valence electrons. The lowest BCUT2D eigenvalue weighted by Crippen LogP contribution is -1.97. The molecule has 1 aromatic carbocycles. The average Bonchev–Trinajstić information content (AvgIpc) is 2.59. The van der Waals surface area contributed by atoms with Gasteiger partial charge in [0.15, 0.2) is 0 Å². The van der Waals surface area contributed by atoms with Crippen molar-refractivity contribution >= 4 is 16.9 Å². The minimum atomic E-state index is -1.02. The lowest BCUT2D eigenvalue weighted by molar-refractivity contribution is 0.0699. The molecular formula is C10H8O4. The Labute approximate surface area is 79.4 Å². The molecule has 1 aromatic heterocycles. The summed E-state index contributed by atoms with van der Waals surface area (Å²) in [5.74, 6) is -1.02. The molecule has 0 atom stereocenters. The Hall–Kier alpha value is -1.81. The van der Waals surface area contributed by atoms with Gasteiger partial charge in [-0.15, -0.1) is 0 Å². The van der Waals surface area contributed by atoms with Gasteiger partial charge in [0.05, 0.1) is 18.4 Å². The van der Waals surface area contributed by atoms with Crippen molar-refractivity contribution in [3.8, 4) is 0 Å². The minimum Gasteiger partial charge on any atom is -0.478 e. The van der Waals surface area contributed by atoms with Gasteiger partial charge in [0.2, 0.25) is 0 Å². The van der Waals surface area contributed by atoms with E-state index in [0.29, 0.717) is 16.5 Å². The third kappa shape index (κ3) is 1.16. The monoisotopic (exact) mass is 192 g/mol. The van der Waals surface area contributed by atoms with E-state index in [1.165, 1.54) is 12.3 Å². The zero-order chi connectivity index (χ0) is 10.1. The average molecular weight is 192 g/mol. The van der Waals surface area contributed by atoms with Crippen LogP contribution in [0, 0.1) is 0 Å². The summed E-state index contributed by atoms with van der Waals surface area (Å²) in [5.41, 5.74) is 1.13. The first-order valence-corrected chi connectivity index (χ1v) is 4.07. The van der Waals surface area contributed by atoms with Crippen LogP contribution in [0.1, 0.15) is 15.9 Å². The number of carbonyl (C=O) groups is 1. The Kier molecular flexibility index (Phi) is 1.98. The summed E-state index contributed by atoms with van der Waals surface area (Å²) in [4.78, 5) is 10.9. The van der Waals surface area contributed by atoms with E-state index in [1.54, 1.807) is 12.1 Å². The summed E-state index contributed by atoms with van der Waals surface area (Å²) in [7, 11) is 0. The molecule has 4 nitrogen and oxygen atoms in total. The van der Waals surface area contributed by atoms with Gasteiger partial charge >= 0.3 is 5.97 Å². The maximum absolute atomic E-state index is 10.9. The van der Waals surface area contributed by atoms with Gasteiger partial charge in [-0.2, -0.15) is 0 Å². The number of fused-ring (bicyclic) bond motifs is 1. The van der Waals surface area contributed by atoms with E-state index in [4.69, 9.17) is 14.6 Å². The zero-order valence-corrected chi connectivity index (χ0v) is 7.23. The second-order valence-electron chi connectivity index (χ2n) is 2.90. The van der Waals surface area contributed by atoms with Crippen LogP contribution in [0.4, 0.5) is 0 Å². The van der Waals surface area contributed by atoms with Crippen molar-refractivity contribution in [2.24, 2.45) is 0 Å². The van der Waals surface area contributed by atoms with Gasteiger partial charge in [-0.25, -0.2) is 4.79 Å². The fourth-order valence-electron chi connectivity index (χ4n) is 1.45. The first-order valence-electron chi connectivity index (χ1n) is 4.07. The molecule has 0 bridgehead atoms. The van der Waals surface area contributed by atoms with Gasteiger partial charge in [-0.3, -0.25) is 0 Å². The number of aliphatic hydroxyl groups is 1. The van der Waals surface area contributed by atoms with Gasteiger partial charge in [-0.05, 0) is 12.1 Å². The van der Waals surface area contributed by atoms with E-state index in [0.717, 1.165) is 0 Å². The quantitative estimate of drug-likeness (QED) is 0.758. The Bertz CT molecular complexity index is 484. The fourth-order valence-corrected chi connectivity index (χ4v) is 1.45. The zero-order valence-electron chi connectivity index (χ0n) is 7.23. The van der Waals surface area contributed by atoms with Crippen LogP contribution in [0.3, 0.4) is 0 Å². The number of hydrogen-bond acceptors (Lipinski definition) is 3. The SMILES string of the molecule is O=C(O)c1cccc2occ(CO)c12. The van der Waals surface area contributed by atoms with Gasteiger partial charge in [0.25, 0.3) is 0 Å². The first-order chi connectivity index (χ1) is 6.74. The third-order valence-corrected chi connectivity index (χ3v) is 2.08. The van der Waals surface area contributed by atoms with Crippen molar-refractivity contribution < 1.29 is 19.4 Å². The van der Waals surface area contributed by atoms with Crippen LogP contribution in [-0.4, -0.2) is 16.2 Å². The van der Waals surface area contributed by atoms with Gasteiger partial charge in [0, 0.05) is 10.9 Å². The second kappa shape index (κ2) is 3.16. The molecule has 0 aliphatic heterocycles. The van der Waals surface area contributed by atoms with Gasteiger partial charge in [-0.1, -0.05) is 6.07 Å². The van der Waals surface area contributed by atoms with E-state index in [9.17, 15) is 4.79 Å². The molecule has 4 heteroatoms. The van der Waals surface area contributed by atoms with Crippen molar-refractivity contribution in [3.05, 3.63) is 35.6 Å². The summed E-state index contributed by atoms with van der Waals surface area (Å²) in [6, 6.07) is 4.76. The van der Waals surface area contributed by atoms with Crippen LogP contribution >= 0.6 is 0 Å². The number of rotatable bonds is 2. The molecule has 2 N–H and O–H groups in total. The van der Waals surface area contributed by atoms with E-state index < -0.39 is 5.97 Å². The second-order valence-corrected chi connectivity index (χ2v) is 2.90. The molecule has 0 aliphatic rings. The highest BCUT2D eigenvalue weighted by atomic mass is 16.4. The molecule has 1 heterocycles. The molecule has 2 aromatic rings. The van der Waals surface area contributed by atoms with E-state index in [1.807, 2.05) is 0 Å². The lowest BCUT2D eigenvalue weighted by Gasteiger charge is -1.97. The maximum Gasteiger partial charge on any atom is 0.336 e. The van der Waals surface area contributed by atoms with Crippen molar-refractivity contribution in [3.63, 3.8) is 0 Å². The maximum atomic E-state index is 10.9. The predicted octanol–water partition coefficient (Wildman–Crippen LogP) is 1.62. The Balaban J connectivity index is 2.81. The van der Waals surface area contributed by atoms with Crippen LogP contribution in [0.15, 0.2) is 28.9 Å². The van der Waals surface area contributed by atoms with Gasteiger partial charge < -0.3 is 14.6 Å². The first kappa shape index (κ1) is 8.77. The normalized spacial score (nSPS) is 10.6. The van der Waals surface area contributed by atoms with Crippen LogP contribution in [0.2, 0.25) is 0 Å². The summed E-state index contributed by atoms with van der Waals surface area (Å²) >= 11 is 0. The summed E-state index contributed by atoms with van der Waals surface area (Å²) in [6.07, 6.45) is 1.37. The number of carboxylic acids is 1. The molecular weight excluding hydrogens is 184 g/mol.